The number of benzene rings is 1. The van der Waals surface area contributed by atoms with Gasteiger partial charge in [-0.05, 0) is 32.0 Å². The second-order valence-corrected chi connectivity index (χ2v) is 5.07. The largest absolute Gasteiger partial charge is 0.481 e. The highest BCUT2D eigenvalue weighted by atomic mass is 35.5. The van der Waals surface area contributed by atoms with Gasteiger partial charge in [0.1, 0.15) is 0 Å². The van der Waals surface area contributed by atoms with Gasteiger partial charge in [0.25, 0.3) is 0 Å². The first-order chi connectivity index (χ1) is 8.90. The average Bonchev–Trinajstić information content (AvgIpc) is 2.57. The van der Waals surface area contributed by atoms with Gasteiger partial charge in [0, 0.05) is 16.3 Å². The van der Waals surface area contributed by atoms with Gasteiger partial charge < -0.3 is 5.11 Å². The number of carboxylic acid groups (broad SMARTS) is 1. The van der Waals surface area contributed by atoms with Gasteiger partial charge in [0.05, 0.1) is 22.8 Å². The molecular formula is C13H12Cl2N2O2. The molecule has 1 heterocycles. The van der Waals surface area contributed by atoms with E-state index in [-0.39, 0.29) is 6.42 Å². The maximum atomic E-state index is 10.8. The van der Waals surface area contributed by atoms with Crippen LogP contribution in [0.3, 0.4) is 0 Å². The highest BCUT2D eigenvalue weighted by Gasteiger charge is 2.16. The summed E-state index contributed by atoms with van der Waals surface area (Å²) in [4.78, 5) is 10.8. The van der Waals surface area contributed by atoms with Crippen LogP contribution in [0.2, 0.25) is 10.0 Å². The van der Waals surface area contributed by atoms with E-state index >= 15 is 0 Å². The molecule has 4 nitrogen and oxygen atoms in total. The third-order valence-corrected chi connectivity index (χ3v) is 3.44. The molecule has 19 heavy (non-hydrogen) atoms. The number of carbonyl (C=O) groups is 1. The van der Waals surface area contributed by atoms with Crippen LogP contribution in [0, 0.1) is 13.8 Å². The summed E-state index contributed by atoms with van der Waals surface area (Å²) < 4.78 is 1.65. The minimum Gasteiger partial charge on any atom is -0.481 e. The van der Waals surface area contributed by atoms with Crippen molar-refractivity contribution >= 4 is 29.2 Å². The van der Waals surface area contributed by atoms with Crippen molar-refractivity contribution in [2.45, 2.75) is 20.3 Å². The molecule has 0 saturated carbocycles. The molecule has 0 unspecified atom stereocenters. The quantitative estimate of drug-likeness (QED) is 0.944. The minimum atomic E-state index is -0.882. The summed E-state index contributed by atoms with van der Waals surface area (Å²) in [6.45, 7) is 3.61. The normalized spacial score (nSPS) is 10.7. The maximum Gasteiger partial charge on any atom is 0.307 e. The van der Waals surface area contributed by atoms with Crippen LogP contribution in [0.15, 0.2) is 18.2 Å². The summed E-state index contributed by atoms with van der Waals surface area (Å²) in [5, 5.41) is 14.3. The van der Waals surface area contributed by atoms with Crippen LogP contribution in [0.1, 0.15) is 17.0 Å². The van der Waals surface area contributed by atoms with Crippen molar-refractivity contribution in [3.05, 3.63) is 45.2 Å². The van der Waals surface area contributed by atoms with Crippen molar-refractivity contribution < 1.29 is 9.90 Å². The first-order valence-electron chi connectivity index (χ1n) is 5.62. The first-order valence-corrected chi connectivity index (χ1v) is 6.38. The van der Waals surface area contributed by atoms with E-state index in [1.807, 2.05) is 6.92 Å². The van der Waals surface area contributed by atoms with Gasteiger partial charge in [0.2, 0.25) is 0 Å². The Hall–Kier alpha value is -1.52. The Morgan fingerprint density at radius 1 is 1.37 bits per heavy atom. The predicted octanol–water partition coefficient (Wildman–Crippen LogP) is 3.42. The Morgan fingerprint density at radius 3 is 2.63 bits per heavy atom. The van der Waals surface area contributed by atoms with Gasteiger partial charge in [0.15, 0.2) is 0 Å². The summed E-state index contributed by atoms with van der Waals surface area (Å²) in [6, 6.07) is 5.11. The fraction of sp³-hybridized carbons (Fsp3) is 0.231. The standard InChI is InChI=1S/C13H12Cl2N2O2/c1-7-10(6-13(18)19)8(2)17(16-7)12-4-3-9(14)5-11(12)15/h3-5H,6H2,1-2H3,(H,18,19). The van der Waals surface area contributed by atoms with Crippen LogP contribution < -0.4 is 0 Å². The van der Waals surface area contributed by atoms with Gasteiger partial charge in [-0.1, -0.05) is 23.2 Å². The van der Waals surface area contributed by atoms with E-state index in [1.54, 1.807) is 29.8 Å². The minimum absolute atomic E-state index is 0.0527. The third kappa shape index (κ3) is 2.74. The number of hydrogen-bond donors (Lipinski definition) is 1. The van der Waals surface area contributed by atoms with Gasteiger partial charge >= 0.3 is 5.97 Å². The number of halogens is 2. The molecule has 6 heteroatoms. The maximum absolute atomic E-state index is 10.8. The molecule has 1 aromatic carbocycles. The Morgan fingerprint density at radius 2 is 2.05 bits per heavy atom. The van der Waals surface area contributed by atoms with Gasteiger partial charge in [-0.25, -0.2) is 4.68 Å². The molecule has 2 rings (SSSR count). The molecule has 0 aliphatic heterocycles. The van der Waals surface area contributed by atoms with E-state index in [0.717, 1.165) is 5.69 Å². The van der Waals surface area contributed by atoms with Crippen molar-refractivity contribution in [1.29, 1.82) is 0 Å². The lowest BCUT2D eigenvalue weighted by atomic mass is 10.1. The molecule has 100 valence electrons. The molecule has 0 radical (unpaired) electrons. The fourth-order valence-corrected chi connectivity index (χ4v) is 2.46. The highest BCUT2D eigenvalue weighted by Crippen LogP contribution is 2.27. The van der Waals surface area contributed by atoms with Crippen LogP contribution in [-0.2, 0) is 11.2 Å². The van der Waals surface area contributed by atoms with Gasteiger partial charge in [-0.3, -0.25) is 4.79 Å². The summed E-state index contributed by atoms with van der Waals surface area (Å²) >= 11 is 12.0. The summed E-state index contributed by atoms with van der Waals surface area (Å²) in [5.74, 6) is -0.882. The predicted molar refractivity (Wildman–Crippen MR) is 74.4 cm³/mol. The second kappa shape index (κ2) is 5.23. The van der Waals surface area contributed by atoms with E-state index in [2.05, 4.69) is 5.10 Å². The van der Waals surface area contributed by atoms with Crippen LogP contribution in [0.5, 0.6) is 0 Å². The summed E-state index contributed by atoms with van der Waals surface area (Å²) in [6.07, 6.45) is -0.0527. The van der Waals surface area contributed by atoms with Gasteiger partial charge in [-0.15, -0.1) is 0 Å². The average molecular weight is 299 g/mol. The first kappa shape index (κ1) is 13.9. The van der Waals surface area contributed by atoms with Crippen LogP contribution in [0.4, 0.5) is 0 Å². The van der Waals surface area contributed by atoms with Crippen LogP contribution in [-0.4, -0.2) is 20.9 Å². The van der Waals surface area contributed by atoms with Crippen molar-refractivity contribution in [2.24, 2.45) is 0 Å². The van der Waals surface area contributed by atoms with Crippen molar-refractivity contribution in [2.75, 3.05) is 0 Å². The lowest BCUT2D eigenvalue weighted by Gasteiger charge is -2.07. The topological polar surface area (TPSA) is 55.1 Å². The molecule has 2 aromatic rings. The lowest BCUT2D eigenvalue weighted by Crippen LogP contribution is -2.04. The fourth-order valence-electron chi connectivity index (χ4n) is 1.97. The Kier molecular flexibility index (Phi) is 3.83. The Bertz CT molecular complexity index is 650. The van der Waals surface area contributed by atoms with E-state index in [1.165, 1.54) is 0 Å². The molecule has 0 aliphatic carbocycles. The molecule has 0 fully saturated rings. The molecule has 1 aromatic heterocycles. The number of carboxylic acids is 1. The third-order valence-electron chi connectivity index (χ3n) is 2.91. The molecular weight excluding hydrogens is 287 g/mol. The number of aliphatic carboxylic acids is 1. The highest BCUT2D eigenvalue weighted by molar-refractivity contribution is 6.35. The molecule has 0 amide bonds. The zero-order valence-corrected chi connectivity index (χ0v) is 12.0. The molecule has 0 saturated heterocycles. The molecule has 0 atom stereocenters. The van der Waals surface area contributed by atoms with Crippen LogP contribution >= 0.6 is 23.2 Å². The van der Waals surface area contributed by atoms with E-state index < -0.39 is 5.97 Å². The van der Waals surface area contributed by atoms with Crippen molar-refractivity contribution in [3.8, 4) is 5.69 Å². The number of aryl methyl sites for hydroxylation is 1. The number of hydrogen-bond acceptors (Lipinski definition) is 2. The van der Waals surface area contributed by atoms with Gasteiger partial charge in [-0.2, -0.15) is 5.10 Å². The molecule has 0 bridgehead atoms. The van der Waals surface area contributed by atoms with Crippen molar-refractivity contribution in [3.63, 3.8) is 0 Å². The smallest absolute Gasteiger partial charge is 0.307 e. The summed E-state index contributed by atoms with van der Waals surface area (Å²) in [5.41, 5.74) is 2.84. The summed E-state index contributed by atoms with van der Waals surface area (Å²) in [7, 11) is 0. The van der Waals surface area contributed by atoms with E-state index in [9.17, 15) is 4.79 Å². The number of aromatic nitrogens is 2. The SMILES string of the molecule is Cc1nn(-c2ccc(Cl)cc2Cl)c(C)c1CC(=O)O. The zero-order valence-electron chi connectivity index (χ0n) is 10.4. The van der Waals surface area contributed by atoms with E-state index in [4.69, 9.17) is 28.3 Å². The number of rotatable bonds is 3. The molecule has 0 spiro atoms. The molecule has 1 N–H and O–H groups in total. The Labute approximate surface area is 120 Å². The number of nitrogens with zero attached hydrogens (tertiary/aromatic N) is 2. The lowest BCUT2D eigenvalue weighted by molar-refractivity contribution is -0.136. The van der Waals surface area contributed by atoms with Crippen molar-refractivity contribution in [1.82, 2.24) is 9.78 Å². The monoisotopic (exact) mass is 298 g/mol. The second-order valence-electron chi connectivity index (χ2n) is 4.23. The zero-order chi connectivity index (χ0) is 14.2. The van der Waals surface area contributed by atoms with Crippen LogP contribution in [0.25, 0.3) is 5.69 Å². The Balaban J connectivity index is 2.54. The van der Waals surface area contributed by atoms with E-state index in [0.29, 0.717) is 27.0 Å². The molecule has 0 aliphatic rings.